The number of fused-ring (bicyclic) bond motifs is 1. The minimum Gasteiger partial charge on any atom is -0.497 e. The van der Waals surface area contributed by atoms with Crippen molar-refractivity contribution in [1.82, 2.24) is 9.13 Å². The van der Waals surface area contributed by atoms with Crippen molar-refractivity contribution in [3.05, 3.63) is 88.8 Å². The highest BCUT2D eigenvalue weighted by Gasteiger charge is 2.26. The molecule has 1 aromatic heterocycles. The van der Waals surface area contributed by atoms with Crippen LogP contribution in [0.5, 0.6) is 5.75 Å². The molecule has 8 heteroatoms. The number of imidazole rings is 1. The van der Waals surface area contributed by atoms with Crippen molar-refractivity contribution in [1.29, 1.82) is 0 Å². The molecule has 0 N–H and O–H groups in total. The number of sulfonamides is 1. The minimum absolute atomic E-state index is 0.118. The maximum absolute atomic E-state index is 13.7. The standard InChI is InChI=1S/C23H23N3O4S/c1-24-21-14-13-20(15-22(21)25(2)23(24)27)31(28,29)26(16-17-7-5-4-6-8-17)18-9-11-19(30-3)12-10-18/h4-15H,16H2,1-3H3. The number of anilines is 1. The highest BCUT2D eigenvalue weighted by atomic mass is 32.2. The molecule has 0 amide bonds. The predicted octanol–water partition coefficient (Wildman–Crippen LogP) is 3.28. The van der Waals surface area contributed by atoms with E-state index in [0.29, 0.717) is 22.5 Å². The number of methoxy groups -OCH3 is 1. The average molecular weight is 438 g/mol. The first-order chi connectivity index (χ1) is 14.8. The molecule has 3 aromatic carbocycles. The zero-order chi connectivity index (χ0) is 22.2. The van der Waals surface area contributed by atoms with Gasteiger partial charge in [0.1, 0.15) is 5.75 Å². The summed E-state index contributed by atoms with van der Waals surface area (Å²) in [5.74, 6) is 0.640. The number of aryl methyl sites for hydroxylation is 2. The van der Waals surface area contributed by atoms with Crippen molar-refractivity contribution in [3.8, 4) is 5.75 Å². The number of benzene rings is 3. The lowest BCUT2D eigenvalue weighted by atomic mass is 10.2. The van der Waals surface area contributed by atoms with Gasteiger partial charge in [0.05, 0.1) is 35.3 Å². The summed E-state index contributed by atoms with van der Waals surface area (Å²) in [4.78, 5) is 12.4. The quantitative estimate of drug-likeness (QED) is 0.464. The van der Waals surface area contributed by atoms with Gasteiger partial charge in [-0.25, -0.2) is 13.2 Å². The van der Waals surface area contributed by atoms with Crippen LogP contribution in [0.2, 0.25) is 0 Å². The number of aromatic nitrogens is 2. The second-order valence-corrected chi connectivity index (χ2v) is 9.11. The maximum atomic E-state index is 13.7. The number of nitrogens with zero attached hydrogens (tertiary/aromatic N) is 3. The summed E-state index contributed by atoms with van der Waals surface area (Å²) in [5, 5.41) is 0. The van der Waals surface area contributed by atoms with Crippen LogP contribution in [-0.2, 0) is 30.7 Å². The first-order valence-corrected chi connectivity index (χ1v) is 11.1. The van der Waals surface area contributed by atoms with Crippen molar-refractivity contribution in [2.45, 2.75) is 11.4 Å². The van der Waals surface area contributed by atoms with Crippen molar-refractivity contribution in [2.75, 3.05) is 11.4 Å². The molecule has 0 aliphatic heterocycles. The number of hydrogen-bond donors (Lipinski definition) is 0. The zero-order valence-corrected chi connectivity index (χ0v) is 18.3. The lowest BCUT2D eigenvalue weighted by molar-refractivity contribution is 0.415. The van der Waals surface area contributed by atoms with Crippen LogP contribution in [0.4, 0.5) is 5.69 Å². The molecule has 0 saturated carbocycles. The minimum atomic E-state index is -3.92. The van der Waals surface area contributed by atoms with Crippen LogP contribution in [-0.4, -0.2) is 24.7 Å². The smallest absolute Gasteiger partial charge is 0.328 e. The Labute approximate surface area is 180 Å². The van der Waals surface area contributed by atoms with Gasteiger partial charge in [-0.2, -0.15) is 0 Å². The van der Waals surface area contributed by atoms with Gasteiger partial charge in [0, 0.05) is 14.1 Å². The van der Waals surface area contributed by atoms with Gasteiger partial charge in [-0.05, 0) is 48.0 Å². The third kappa shape index (κ3) is 3.70. The monoisotopic (exact) mass is 437 g/mol. The lowest BCUT2D eigenvalue weighted by Crippen LogP contribution is -2.30. The van der Waals surface area contributed by atoms with Crippen molar-refractivity contribution >= 4 is 26.7 Å². The van der Waals surface area contributed by atoms with E-state index < -0.39 is 10.0 Å². The van der Waals surface area contributed by atoms with Crippen molar-refractivity contribution < 1.29 is 13.2 Å². The molecule has 0 atom stereocenters. The van der Waals surface area contributed by atoms with Gasteiger partial charge in [0.2, 0.25) is 0 Å². The molecule has 0 aliphatic rings. The topological polar surface area (TPSA) is 73.5 Å². The van der Waals surface area contributed by atoms with E-state index >= 15 is 0 Å². The van der Waals surface area contributed by atoms with Crippen LogP contribution in [0.1, 0.15) is 5.56 Å². The molecular weight excluding hydrogens is 414 g/mol. The van der Waals surface area contributed by atoms with Crippen LogP contribution in [0, 0.1) is 0 Å². The maximum Gasteiger partial charge on any atom is 0.328 e. The Hall–Kier alpha value is -3.52. The van der Waals surface area contributed by atoms with Crippen LogP contribution >= 0.6 is 0 Å². The Morgan fingerprint density at radius 2 is 1.52 bits per heavy atom. The normalized spacial score (nSPS) is 11.6. The largest absolute Gasteiger partial charge is 0.497 e. The molecule has 1 heterocycles. The van der Waals surface area contributed by atoms with E-state index in [4.69, 9.17) is 4.74 Å². The summed E-state index contributed by atoms with van der Waals surface area (Å²) < 4.78 is 37.0. The molecule has 0 bridgehead atoms. The highest BCUT2D eigenvalue weighted by Crippen LogP contribution is 2.29. The van der Waals surface area contributed by atoms with Crippen LogP contribution in [0.15, 0.2) is 82.5 Å². The van der Waals surface area contributed by atoms with Gasteiger partial charge in [0.25, 0.3) is 10.0 Å². The molecule has 0 aliphatic carbocycles. The lowest BCUT2D eigenvalue weighted by Gasteiger charge is -2.25. The van der Waals surface area contributed by atoms with E-state index in [2.05, 4.69) is 0 Å². The first-order valence-electron chi connectivity index (χ1n) is 9.69. The summed E-state index contributed by atoms with van der Waals surface area (Å²) in [6.07, 6.45) is 0. The fourth-order valence-electron chi connectivity index (χ4n) is 3.59. The van der Waals surface area contributed by atoms with Crippen LogP contribution in [0.3, 0.4) is 0 Å². The molecule has 0 saturated heterocycles. The van der Waals surface area contributed by atoms with Gasteiger partial charge in [-0.1, -0.05) is 30.3 Å². The third-order valence-corrected chi connectivity index (χ3v) is 7.13. The van der Waals surface area contributed by atoms with E-state index in [1.165, 1.54) is 13.4 Å². The number of ether oxygens (including phenoxy) is 1. The van der Waals surface area contributed by atoms with Gasteiger partial charge in [0.15, 0.2) is 0 Å². The van der Waals surface area contributed by atoms with E-state index in [-0.39, 0.29) is 17.1 Å². The summed E-state index contributed by atoms with van der Waals surface area (Å²) in [7, 11) is 0.942. The zero-order valence-electron chi connectivity index (χ0n) is 17.5. The first kappa shape index (κ1) is 20.7. The Morgan fingerprint density at radius 1 is 0.871 bits per heavy atom. The highest BCUT2D eigenvalue weighted by molar-refractivity contribution is 7.92. The molecule has 0 unspecified atom stereocenters. The molecular formula is C23H23N3O4S. The van der Waals surface area contributed by atoms with Crippen molar-refractivity contribution in [2.24, 2.45) is 14.1 Å². The van der Waals surface area contributed by atoms with E-state index in [9.17, 15) is 13.2 Å². The Morgan fingerprint density at radius 3 is 2.16 bits per heavy atom. The van der Waals surface area contributed by atoms with Gasteiger partial charge in [-0.3, -0.25) is 13.4 Å². The summed E-state index contributed by atoms with van der Waals surface area (Å²) in [6.45, 7) is 0.168. The molecule has 0 radical (unpaired) electrons. The molecule has 31 heavy (non-hydrogen) atoms. The molecule has 4 rings (SSSR count). The molecule has 160 valence electrons. The second kappa shape index (κ2) is 7.96. The van der Waals surface area contributed by atoms with Crippen molar-refractivity contribution in [3.63, 3.8) is 0 Å². The molecule has 7 nitrogen and oxygen atoms in total. The van der Waals surface area contributed by atoms with Gasteiger partial charge < -0.3 is 4.74 Å². The predicted molar refractivity (Wildman–Crippen MR) is 121 cm³/mol. The van der Waals surface area contributed by atoms with Gasteiger partial charge >= 0.3 is 5.69 Å². The second-order valence-electron chi connectivity index (χ2n) is 7.25. The Balaban J connectivity index is 1.85. The van der Waals surface area contributed by atoms with E-state index in [1.54, 1.807) is 63.7 Å². The fourth-order valence-corrected chi connectivity index (χ4v) is 5.06. The van der Waals surface area contributed by atoms with Crippen LogP contribution < -0.4 is 14.7 Å². The van der Waals surface area contributed by atoms with Crippen LogP contribution in [0.25, 0.3) is 11.0 Å². The summed E-state index contributed by atoms with van der Waals surface area (Å²) >= 11 is 0. The number of hydrogen-bond acceptors (Lipinski definition) is 4. The Kier molecular flexibility index (Phi) is 5.32. The summed E-state index contributed by atoms with van der Waals surface area (Å²) in [5.41, 5.74) is 2.40. The molecule has 0 spiro atoms. The molecule has 0 fully saturated rings. The summed E-state index contributed by atoms with van der Waals surface area (Å²) in [6, 6.07) is 21.1. The van der Waals surface area contributed by atoms with E-state index in [1.807, 2.05) is 30.3 Å². The van der Waals surface area contributed by atoms with E-state index in [0.717, 1.165) is 5.56 Å². The van der Waals surface area contributed by atoms with Gasteiger partial charge in [-0.15, -0.1) is 0 Å². The third-order valence-electron chi connectivity index (χ3n) is 5.36. The fraction of sp³-hybridized carbons (Fsp3) is 0.174. The number of rotatable bonds is 6. The SMILES string of the molecule is COc1ccc(N(Cc2ccccc2)S(=O)(=O)c2ccc3c(c2)n(C)c(=O)n3C)cc1. The average Bonchev–Trinajstić information content (AvgIpc) is 3.02. The molecule has 4 aromatic rings. The Bertz CT molecular complexity index is 1390.